The van der Waals surface area contributed by atoms with E-state index in [-0.39, 0.29) is 0 Å². The second-order valence-electron chi connectivity index (χ2n) is 5.57. The minimum absolute atomic E-state index is 0.567. The molecule has 0 aromatic carbocycles. The Morgan fingerprint density at radius 3 is 2.36 bits per heavy atom. The largest absolute Gasteiger partial charge is 0.314 e. The van der Waals surface area contributed by atoms with Crippen LogP contribution in [0.4, 0.5) is 0 Å². The van der Waals surface area contributed by atoms with Crippen LogP contribution in [0.1, 0.15) is 59.8 Å². The number of hydrogen-bond donors (Lipinski definition) is 1. The van der Waals surface area contributed by atoms with E-state index in [1.807, 2.05) is 0 Å². The Bertz CT molecular complexity index is 161. The van der Waals surface area contributed by atoms with Gasteiger partial charge in [-0.1, -0.05) is 40.5 Å². The summed E-state index contributed by atoms with van der Waals surface area (Å²) in [6, 6.07) is 0.631. The Hall–Kier alpha value is -0.0400. The van der Waals surface area contributed by atoms with Crippen LogP contribution in [0.3, 0.4) is 0 Å². The molecule has 1 nitrogen and oxygen atoms in total. The predicted octanol–water partition coefficient (Wildman–Crippen LogP) is 3.59. The Labute approximate surface area is 89.7 Å². The minimum Gasteiger partial charge on any atom is -0.314 e. The highest BCUT2D eigenvalue weighted by molar-refractivity contribution is 4.89. The maximum atomic E-state index is 3.62. The molecule has 1 fully saturated rings. The van der Waals surface area contributed by atoms with Gasteiger partial charge in [0, 0.05) is 12.6 Å². The van der Waals surface area contributed by atoms with Crippen LogP contribution in [0.15, 0.2) is 0 Å². The molecule has 0 amide bonds. The Morgan fingerprint density at radius 1 is 1.36 bits per heavy atom. The zero-order valence-electron chi connectivity index (χ0n) is 10.4. The van der Waals surface area contributed by atoms with E-state index >= 15 is 0 Å². The van der Waals surface area contributed by atoms with Crippen LogP contribution in [0.2, 0.25) is 0 Å². The smallest absolute Gasteiger partial charge is 0.00106 e. The summed E-state index contributed by atoms with van der Waals surface area (Å²) in [6.45, 7) is 10.5. The van der Waals surface area contributed by atoms with Crippen LogP contribution in [0.5, 0.6) is 0 Å². The van der Waals surface area contributed by atoms with E-state index in [0.717, 1.165) is 5.92 Å². The van der Waals surface area contributed by atoms with Crippen LogP contribution >= 0.6 is 0 Å². The van der Waals surface area contributed by atoms with Crippen molar-refractivity contribution in [2.24, 2.45) is 11.3 Å². The average molecular weight is 197 g/mol. The third kappa shape index (κ3) is 2.98. The van der Waals surface area contributed by atoms with Crippen molar-refractivity contribution in [1.82, 2.24) is 5.32 Å². The summed E-state index contributed by atoms with van der Waals surface area (Å²) in [7, 11) is 0. The van der Waals surface area contributed by atoms with Crippen LogP contribution in [0, 0.1) is 11.3 Å². The molecule has 14 heavy (non-hydrogen) atoms. The normalized spacial score (nSPS) is 22.1. The standard InChI is InChI=1S/C13H27N/c1-5-9-13(4,10-14-11(2)3)12-7-6-8-12/h11-12,14H,5-10H2,1-4H3. The van der Waals surface area contributed by atoms with Gasteiger partial charge in [0.05, 0.1) is 0 Å². The molecule has 0 radical (unpaired) electrons. The topological polar surface area (TPSA) is 12.0 Å². The highest BCUT2D eigenvalue weighted by Crippen LogP contribution is 2.44. The number of hydrogen-bond acceptors (Lipinski definition) is 1. The first kappa shape index (κ1) is 12.0. The van der Waals surface area contributed by atoms with Gasteiger partial charge < -0.3 is 5.32 Å². The summed E-state index contributed by atoms with van der Waals surface area (Å²) < 4.78 is 0. The summed E-state index contributed by atoms with van der Waals surface area (Å²) in [4.78, 5) is 0. The average Bonchev–Trinajstić information content (AvgIpc) is 1.98. The molecule has 1 unspecified atom stereocenters. The van der Waals surface area contributed by atoms with Gasteiger partial charge in [-0.3, -0.25) is 0 Å². The van der Waals surface area contributed by atoms with Gasteiger partial charge in [0.1, 0.15) is 0 Å². The monoisotopic (exact) mass is 197 g/mol. The maximum Gasteiger partial charge on any atom is 0.00106 e. The van der Waals surface area contributed by atoms with Crippen molar-refractivity contribution < 1.29 is 0 Å². The Kier molecular flexibility index (Phi) is 4.43. The van der Waals surface area contributed by atoms with Gasteiger partial charge in [-0.05, 0) is 30.6 Å². The van der Waals surface area contributed by atoms with E-state index in [1.165, 1.54) is 38.6 Å². The molecule has 1 aliphatic carbocycles. The molecule has 1 saturated carbocycles. The quantitative estimate of drug-likeness (QED) is 0.686. The molecule has 0 heterocycles. The first-order valence-electron chi connectivity index (χ1n) is 6.32. The lowest BCUT2D eigenvalue weighted by molar-refractivity contribution is 0.0867. The molecule has 1 aliphatic rings. The van der Waals surface area contributed by atoms with Crippen molar-refractivity contribution in [1.29, 1.82) is 0 Å². The molecule has 1 atom stereocenters. The van der Waals surface area contributed by atoms with E-state index in [1.54, 1.807) is 0 Å². The van der Waals surface area contributed by atoms with Gasteiger partial charge in [-0.2, -0.15) is 0 Å². The van der Waals surface area contributed by atoms with Gasteiger partial charge in [0.2, 0.25) is 0 Å². The molecule has 0 spiro atoms. The molecular formula is C13H27N. The zero-order chi connectivity index (χ0) is 10.6. The van der Waals surface area contributed by atoms with Crippen molar-refractivity contribution in [2.75, 3.05) is 6.54 Å². The first-order chi connectivity index (χ1) is 6.58. The lowest BCUT2D eigenvalue weighted by Gasteiger charge is -2.44. The molecule has 0 aliphatic heterocycles. The SMILES string of the molecule is CCCC(C)(CNC(C)C)C1CCC1. The zero-order valence-corrected chi connectivity index (χ0v) is 10.4. The second-order valence-corrected chi connectivity index (χ2v) is 5.57. The number of nitrogens with one attached hydrogen (secondary N) is 1. The maximum absolute atomic E-state index is 3.62. The van der Waals surface area contributed by atoms with Gasteiger partial charge >= 0.3 is 0 Å². The summed E-state index contributed by atoms with van der Waals surface area (Å²) >= 11 is 0. The third-order valence-corrected chi connectivity index (χ3v) is 3.83. The third-order valence-electron chi connectivity index (χ3n) is 3.83. The van der Waals surface area contributed by atoms with Crippen LogP contribution in [-0.2, 0) is 0 Å². The second kappa shape index (κ2) is 5.16. The van der Waals surface area contributed by atoms with Gasteiger partial charge in [0.25, 0.3) is 0 Å². The summed E-state index contributed by atoms with van der Waals surface area (Å²) in [5.41, 5.74) is 0.567. The van der Waals surface area contributed by atoms with E-state index in [4.69, 9.17) is 0 Å². The van der Waals surface area contributed by atoms with Crippen LogP contribution in [-0.4, -0.2) is 12.6 Å². The van der Waals surface area contributed by atoms with Crippen molar-refractivity contribution in [3.8, 4) is 0 Å². The first-order valence-corrected chi connectivity index (χ1v) is 6.32. The van der Waals surface area contributed by atoms with Gasteiger partial charge in [-0.25, -0.2) is 0 Å². The molecule has 0 aromatic heterocycles. The highest BCUT2D eigenvalue weighted by Gasteiger charge is 2.36. The number of rotatable bonds is 6. The van der Waals surface area contributed by atoms with E-state index < -0.39 is 0 Å². The molecule has 0 saturated heterocycles. The molecule has 1 heteroatoms. The highest BCUT2D eigenvalue weighted by atomic mass is 14.9. The fourth-order valence-corrected chi connectivity index (χ4v) is 2.55. The van der Waals surface area contributed by atoms with Crippen LogP contribution in [0.25, 0.3) is 0 Å². The van der Waals surface area contributed by atoms with Crippen LogP contribution < -0.4 is 5.32 Å². The summed E-state index contributed by atoms with van der Waals surface area (Å²) in [5.74, 6) is 0.994. The van der Waals surface area contributed by atoms with Crippen molar-refractivity contribution >= 4 is 0 Å². The molecule has 0 bridgehead atoms. The Morgan fingerprint density at radius 2 is 2.00 bits per heavy atom. The van der Waals surface area contributed by atoms with E-state index in [9.17, 15) is 0 Å². The molecule has 1 rings (SSSR count). The molecule has 0 aromatic rings. The fourth-order valence-electron chi connectivity index (χ4n) is 2.55. The van der Waals surface area contributed by atoms with Gasteiger partial charge in [0.15, 0.2) is 0 Å². The lowest BCUT2D eigenvalue weighted by Crippen LogP contribution is -2.43. The predicted molar refractivity (Wildman–Crippen MR) is 63.5 cm³/mol. The van der Waals surface area contributed by atoms with E-state index in [2.05, 4.69) is 33.0 Å². The summed E-state index contributed by atoms with van der Waals surface area (Å²) in [5, 5.41) is 3.62. The fraction of sp³-hybridized carbons (Fsp3) is 1.00. The molecule has 84 valence electrons. The Balaban J connectivity index is 2.42. The van der Waals surface area contributed by atoms with Crippen molar-refractivity contribution in [3.63, 3.8) is 0 Å². The van der Waals surface area contributed by atoms with Gasteiger partial charge in [-0.15, -0.1) is 0 Å². The lowest BCUT2D eigenvalue weighted by atomic mass is 9.64. The van der Waals surface area contributed by atoms with E-state index in [0.29, 0.717) is 11.5 Å². The van der Waals surface area contributed by atoms with Crippen molar-refractivity contribution in [3.05, 3.63) is 0 Å². The van der Waals surface area contributed by atoms with Crippen molar-refractivity contribution in [2.45, 2.75) is 65.8 Å². The molecular weight excluding hydrogens is 170 g/mol. The molecule has 1 N–H and O–H groups in total. The summed E-state index contributed by atoms with van der Waals surface area (Å²) in [6.07, 6.45) is 7.11. The minimum atomic E-state index is 0.567.